The lowest BCUT2D eigenvalue weighted by Gasteiger charge is -2.26. The fourth-order valence-electron chi connectivity index (χ4n) is 5.31. The zero-order valence-corrected chi connectivity index (χ0v) is 29.9. The Morgan fingerprint density at radius 1 is 0.360 bits per heavy atom. The van der Waals surface area contributed by atoms with E-state index in [0.717, 1.165) is 33.4 Å². The number of fused-ring (bicyclic) bond motifs is 2. The molecular formula is C41H36O7P2. The van der Waals surface area contributed by atoms with Gasteiger partial charge in [-0.15, -0.1) is 0 Å². The molecule has 0 saturated carbocycles. The van der Waals surface area contributed by atoms with Crippen LogP contribution in [0.3, 0.4) is 0 Å². The van der Waals surface area contributed by atoms with Crippen molar-refractivity contribution in [2.45, 2.75) is 34.1 Å². The zero-order chi connectivity index (χ0) is 34.5. The molecular weight excluding hydrogens is 666 g/mol. The first-order valence-corrected chi connectivity index (χ1v) is 18.4. The highest BCUT2D eigenvalue weighted by Gasteiger charge is 2.30. The fourth-order valence-corrected chi connectivity index (χ4v) is 7.61. The quantitative estimate of drug-likeness (QED) is 0.117. The van der Waals surface area contributed by atoms with Crippen molar-refractivity contribution in [2.24, 2.45) is 0 Å². The molecule has 7 nitrogen and oxygen atoms in total. The summed E-state index contributed by atoms with van der Waals surface area (Å²) in [7, 11) is -3.87. The molecule has 0 unspecified atom stereocenters. The van der Waals surface area contributed by atoms with Crippen LogP contribution in [0.1, 0.15) is 33.4 Å². The van der Waals surface area contributed by atoms with Gasteiger partial charge in [-0.3, -0.25) is 0 Å². The van der Waals surface area contributed by atoms with Crippen LogP contribution >= 0.6 is 17.2 Å². The second kappa shape index (κ2) is 15.1. The molecule has 0 spiro atoms. The molecule has 1 aliphatic rings. The van der Waals surface area contributed by atoms with E-state index in [2.05, 4.69) is 0 Å². The molecule has 252 valence electrons. The molecule has 50 heavy (non-hydrogen) atoms. The molecule has 0 saturated heterocycles. The van der Waals surface area contributed by atoms with E-state index >= 15 is 0 Å². The molecule has 9 heteroatoms. The van der Waals surface area contributed by atoms with Crippen molar-refractivity contribution in [1.82, 2.24) is 0 Å². The molecule has 0 bridgehead atoms. The van der Waals surface area contributed by atoms with Crippen LogP contribution in [0.25, 0.3) is 0 Å². The second-order valence-corrected chi connectivity index (χ2v) is 13.8. The largest absolute Gasteiger partial charge is 0.530 e. The summed E-state index contributed by atoms with van der Waals surface area (Å²) in [5.41, 5.74) is 5.80. The van der Waals surface area contributed by atoms with Crippen molar-refractivity contribution in [3.8, 4) is 46.0 Å². The predicted octanol–water partition coefficient (Wildman–Crippen LogP) is 12.1. The van der Waals surface area contributed by atoms with Gasteiger partial charge in [-0.2, -0.15) is 0 Å². The zero-order valence-electron chi connectivity index (χ0n) is 28.2. The summed E-state index contributed by atoms with van der Waals surface area (Å²) in [6.45, 7) is 7.96. The van der Waals surface area contributed by atoms with Gasteiger partial charge in [0.1, 0.15) is 23.0 Å². The molecule has 6 aromatic carbocycles. The highest BCUT2D eigenvalue weighted by atomic mass is 31.2. The molecule has 1 heterocycles. The Labute approximate surface area is 295 Å². The van der Waals surface area contributed by atoms with Gasteiger partial charge < -0.3 is 31.9 Å². The van der Waals surface area contributed by atoms with Crippen LogP contribution in [0.4, 0.5) is 0 Å². The smallest absolute Gasteiger partial charge is 0.449 e. The van der Waals surface area contributed by atoms with E-state index in [4.69, 9.17) is 31.9 Å². The standard InChI is InChI=1S/C41H36O7P2/c1-28-15-5-9-21-34(28)43-49(44-35-22-10-6-16-29(35)2)47-38-25-13-19-32-27-33-20-14-26-39(41(33)42-40(32)38)48-50(45-36-23-11-7-17-30(36)3)46-37-24-12-8-18-31(37)4/h5-26H,27H2,1-4H3. The van der Waals surface area contributed by atoms with E-state index in [0.29, 0.717) is 52.4 Å². The van der Waals surface area contributed by atoms with Crippen LogP contribution in [-0.4, -0.2) is 0 Å². The Morgan fingerprint density at radius 2 is 0.640 bits per heavy atom. The van der Waals surface area contributed by atoms with Crippen molar-refractivity contribution in [3.63, 3.8) is 0 Å². The maximum absolute atomic E-state index is 6.69. The predicted molar refractivity (Wildman–Crippen MR) is 198 cm³/mol. The van der Waals surface area contributed by atoms with Crippen molar-refractivity contribution in [2.75, 3.05) is 0 Å². The third-order valence-electron chi connectivity index (χ3n) is 8.12. The van der Waals surface area contributed by atoms with Gasteiger partial charge in [0.05, 0.1) is 0 Å². The highest BCUT2D eigenvalue weighted by Crippen LogP contribution is 2.53. The summed E-state index contributed by atoms with van der Waals surface area (Å²) in [6, 6.07) is 42.8. The van der Waals surface area contributed by atoms with Gasteiger partial charge >= 0.3 is 17.2 Å². The van der Waals surface area contributed by atoms with Gasteiger partial charge in [-0.1, -0.05) is 97.1 Å². The lowest BCUT2D eigenvalue weighted by atomic mass is 10.00. The van der Waals surface area contributed by atoms with E-state index in [1.165, 1.54) is 0 Å². The van der Waals surface area contributed by atoms with E-state index in [9.17, 15) is 0 Å². The Morgan fingerprint density at radius 3 is 0.960 bits per heavy atom. The molecule has 7 rings (SSSR count). The first-order valence-electron chi connectivity index (χ1n) is 16.2. The monoisotopic (exact) mass is 702 g/mol. The number of aryl methyl sites for hydroxylation is 4. The van der Waals surface area contributed by atoms with Gasteiger partial charge in [0, 0.05) is 17.5 Å². The van der Waals surface area contributed by atoms with Crippen molar-refractivity contribution < 1.29 is 31.9 Å². The second-order valence-electron chi connectivity index (χ2n) is 11.8. The van der Waals surface area contributed by atoms with Crippen LogP contribution in [0.15, 0.2) is 133 Å². The molecule has 0 atom stereocenters. The van der Waals surface area contributed by atoms with Gasteiger partial charge in [-0.25, -0.2) is 0 Å². The Balaban J connectivity index is 1.19. The van der Waals surface area contributed by atoms with E-state index in [-0.39, 0.29) is 0 Å². The van der Waals surface area contributed by atoms with Crippen LogP contribution in [0.2, 0.25) is 0 Å². The summed E-state index contributed by atoms with van der Waals surface area (Å²) in [5, 5.41) is 0. The summed E-state index contributed by atoms with van der Waals surface area (Å²) < 4.78 is 45.4. The lowest BCUT2D eigenvalue weighted by Crippen LogP contribution is -2.09. The highest BCUT2D eigenvalue weighted by molar-refractivity contribution is 7.43. The van der Waals surface area contributed by atoms with E-state index < -0.39 is 17.2 Å². The Hall–Kier alpha value is -5.22. The number of benzene rings is 6. The first kappa shape index (κ1) is 33.3. The minimum atomic E-state index is -1.94. The van der Waals surface area contributed by atoms with Gasteiger partial charge in [0.15, 0.2) is 23.0 Å². The van der Waals surface area contributed by atoms with Crippen molar-refractivity contribution in [3.05, 3.63) is 167 Å². The van der Waals surface area contributed by atoms with Crippen LogP contribution in [0, 0.1) is 27.7 Å². The molecule has 0 amide bonds. The minimum absolute atomic E-state index is 0.491. The fraction of sp³-hybridized carbons (Fsp3) is 0.122. The van der Waals surface area contributed by atoms with Gasteiger partial charge in [0.2, 0.25) is 0 Å². The number of para-hydroxylation sites is 6. The third kappa shape index (κ3) is 7.65. The average Bonchev–Trinajstić information content (AvgIpc) is 3.12. The molecule has 0 aromatic heterocycles. The molecule has 0 N–H and O–H groups in total. The summed E-state index contributed by atoms with van der Waals surface area (Å²) >= 11 is 0. The number of hydrogen-bond donors (Lipinski definition) is 0. The van der Waals surface area contributed by atoms with Crippen LogP contribution in [-0.2, 0) is 6.42 Å². The normalized spacial score (nSPS) is 11.6. The van der Waals surface area contributed by atoms with E-state index in [1.54, 1.807) is 0 Å². The molecule has 0 aliphatic carbocycles. The number of hydrogen-bond acceptors (Lipinski definition) is 7. The van der Waals surface area contributed by atoms with Crippen LogP contribution in [0.5, 0.6) is 46.0 Å². The summed E-state index contributed by atoms with van der Waals surface area (Å²) in [6.07, 6.45) is 0.601. The first-order chi connectivity index (χ1) is 24.4. The Kier molecular flexibility index (Phi) is 10.1. The van der Waals surface area contributed by atoms with Crippen molar-refractivity contribution in [1.29, 1.82) is 0 Å². The average molecular weight is 703 g/mol. The molecule has 0 fully saturated rings. The van der Waals surface area contributed by atoms with Crippen LogP contribution < -0.4 is 31.9 Å². The van der Waals surface area contributed by atoms with Crippen molar-refractivity contribution >= 4 is 17.2 Å². The molecule has 6 aromatic rings. The lowest BCUT2D eigenvalue weighted by molar-refractivity contribution is 0.356. The summed E-state index contributed by atoms with van der Waals surface area (Å²) in [4.78, 5) is 0. The summed E-state index contributed by atoms with van der Waals surface area (Å²) in [5.74, 6) is 4.81. The number of ether oxygens (including phenoxy) is 1. The molecule has 0 radical (unpaired) electrons. The minimum Gasteiger partial charge on any atom is -0.449 e. The molecule has 1 aliphatic heterocycles. The maximum atomic E-state index is 6.69. The number of rotatable bonds is 12. The van der Waals surface area contributed by atoms with Gasteiger partial charge in [0.25, 0.3) is 0 Å². The van der Waals surface area contributed by atoms with E-state index in [1.807, 2.05) is 161 Å². The maximum Gasteiger partial charge on any atom is 0.530 e. The SMILES string of the molecule is Cc1ccccc1OP(Oc1ccccc1C)Oc1cccc2c1Oc1c(cccc1OP(Oc1ccccc1C)Oc1ccccc1C)C2. The van der Waals surface area contributed by atoms with Gasteiger partial charge in [-0.05, 0) is 86.3 Å². The topological polar surface area (TPSA) is 64.6 Å². The Bertz CT molecular complexity index is 1870. The third-order valence-corrected chi connectivity index (χ3v) is 10.2.